The molecule has 0 aromatic heterocycles. The summed E-state index contributed by atoms with van der Waals surface area (Å²) in [5, 5.41) is 0. The third kappa shape index (κ3) is 6.81. The molecule has 1 aromatic carbocycles. The summed E-state index contributed by atoms with van der Waals surface area (Å²) in [4.78, 5) is 44.0. The molecule has 0 aliphatic rings. The van der Waals surface area contributed by atoms with Gasteiger partial charge in [-0.05, 0) is 32.0 Å². The first kappa shape index (κ1) is 25.6. The summed E-state index contributed by atoms with van der Waals surface area (Å²) in [7, 11) is 0. The predicted octanol–water partition coefficient (Wildman–Crippen LogP) is 3.80. The Morgan fingerprint density at radius 3 is 1.13 bits per heavy atom. The van der Waals surface area contributed by atoms with Gasteiger partial charge in [0.15, 0.2) is 0 Å². The maximum absolute atomic E-state index is 13.2. The normalized spacial score (nSPS) is 10.0. The molecule has 6 heteroatoms. The minimum absolute atomic E-state index is 0.266. The van der Waals surface area contributed by atoms with Gasteiger partial charge in [0, 0.05) is 56.0 Å². The van der Waals surface area contributed by atoms with Crippen molar-refractivity contribution in [3.63, 3.8) is 0 Å². The van der Waals surface area contributed by atoms with E-state index in [1.165, 1.54) is 12.1 Å². The molecule has 3 amide bonds. The Balaban J connectivity index is 3.56. The lowest BCUT2D eigenvalue weighted by Gasteiger charge is -2.23. The van der Waals surface area contributed by atoms with Gasteiger partial charge < -0.3 is 14.7 Å². The van der Waals surface area contributed by atoms with E-state index in [2.05, 4.69) is 26.3 Å². The lowest BCUT2D eigenvalue weighted by molar-refractivity contribution is 0.0780. The van der Waals surface area contributed by atoms with Crippen LogP contribution in [0.2, 0.25) is 0 Å². The lowest BCUT2D eigenvalue weighted by atomic mass is 10.0. The maximum Gasteiger partial charge on any atom is 0.254 e. The summed E-state index contributed by atoms with van der Waals surface area (Å²) in [5.74, 6) is -0.837. The molecular weight excluding hydrogens is 390 g/mol. The molecule has 6 nitrogen and oxygen atoms in total. The molecule has 1 rings (SSSR count). The highest BCUT2D eigenvalue weighted by atomic mass is 16.2. The van der Waals surface area contributed by atoms with Crippen LogP contribution in [0.3, 0.4) is 0 Å². The fourth-order valence-corrected chi connectivity index (χ4v) is 3.12. The predicted molar refractivity (Wildman–Crippen MR) is 126 cm³/mol. The van der Waals surface area contributed by atoms with Crippen molar-refractivity contribution in [1.29, 1.82) is 0 Å². The molecule has 31 heavy (non-hydrogen) atoms. The zero-order valence-corrected chi connectivity index (χ0v) is 18.7. The molecule has 0 atom stereocenters. The summed E-state index contributed by atoms with van der Waals surface area (Å²) in [6.45, 7) is 20.8. The van der Waals surface area contributed by atoms with Gasteiger partial charge in [0.05, 0.1) is 0 Å². The second kappa shape index (κ2) is 13.0. The average Bonchev–Trinajstić information content (AvgIpc) is 2.79. The molecule has 0 bridgehead atoms. The topological polar surface area (TPSA) is 60.9 Å². The van der Waals surface area contributed by atoms with Crippen molar-refractivity contribution in [2.45, 2.75) is 13.8 Å². The van der Waals surface area contributed by atoms with Crippen LogP contribution in [0.15, 0.2) is 68.8 Å². The van der Waals surface area contributed by atoms with Crippen LogP contribution in [-0.4, -0.2) is 71.7 Å². The molecule has 0 radical (unpaired) electrons. The molecule has 0 unspecified atom stereocenters. The van der Waals surface area contributed by atoms with Crippen molar-refractivity contribution in [2.24, 2.45) is 0 Å². The first-order valence-corrected chi connectivity index (χ1v) is 10.3. The van der Waals surface area contributed by atoms with Crippen LogP contribution < -0.4 is 0 Å². The van der Waals surface area contributed by atoms with E-state index in [4.69, 9.17) is 0 Å². The van der Waals surface area contributed by atoms with Gasteiger partial charge in [0.1, 0.15) is 0 Å². The largest absolute Gasteiger partial charge is 0.335 e. The van der Waals surface area contributed by atoms with Gasteiger partial charge >= 0.3 is 0 Å². The monoisotopic (exact) mass is 423 g/mol. The van der Waals surface area contributed by atoms with Gasteiger partial charge in [-0.3, -0.25) is 14.4 Å². The smallest absolute Gasteiger partial charge is 0.254 e. The highest BCUT2D eigenvalue weighted by Gasteiger charge is 2.23. The molecule has 0 heterocycles. The number of likely N-dealkylation sites (N-methyl/N-ethyl adjacent to an activating group) is 2. The zero-order valence-electron chi connectivity index (χ0n) is 18.7. The van der Waals surface area contributed by atoms with E-state index in [1.807, 2.05) is 13.8 Å². The van der Waals surface area contributed by atoms with E-state index in [9.17, 15) is 14.4 Å². The van der Waals surface area contributed by atoms with Gasteiger partial charge in [0.2, 0.25) is 0 Å². The second-order valence-corrected chi connectivity index (χ2v) is 6.85. The van der Waals surface area contributed by atoms with Crippen LogP contribution in [0.4, 0.5) is 0 Å². The minimum Gasteiger partial charge on any atom is -0.335 e. The molecular formula is C25H33N3O3. The van der Waals surface area contributed by atoms with Crippen molar-refractivity contribution in [3.8, 4) is 0 Å². The van der Waals surface area contributed by atoms with E-state index >= 15 is 0 Å². The molecule has 0 fully saturated rings. The van der Waals surface area contributed by atoms with Gasteiger partial charge in [0.25, 0.3) is 17.7 Å². The van der Waals surface area contributed by atoms with E-state index < -0.39 is 0 Å². The number of carbonyl (C=O) groups excluding carboxylic acids is 3. The molecule has 0 saturated heterocycles. The first-order valence-electron chi connectivity index (χ1n) is 10.3. The van der Waals surface area contributed by atoms with Crippen molar-refractivity contribution in [1.82, 2.24) is 14.7 Å². The van der Waals surface area contributed by atoms with Crippen LogP contribution in [-0.2, 0) is 0 Å². The average molecular weight is 424 g/mol. The summed E-state index contributed by atoms with van der Waals surface area (Å²) < 4.78 is 0. The molecule has 0 aliphatic carbocycles. The van der Waals surface area contributed by atoms with Crippen LogP contribution in [0.5, 0.6) is 0 Å². The lowest BCUT2D eigenvalue weighted by Crippen LogP contribution is -2.34. The Hall–Kier alpha value is -3.41. The molecule has 0 saturated carbocycles. The molecule has 1 aromatic rings. The van der Waals surface area contributed by atoms with Crippen molar-refractivity contribution >= 4 is 17.7 Å². The zero-order chi connectivity index (χ0) is 23.4. The summed E-state index contributed by atoms with van der Waals surface area (Å²) >= 11 is 0. The number of benzene rings is 1. The number of rotatable bonds is 13. The van der Waals surface area contributed by atoms with Crippen LogP contribution in [0, 0.1) is 0 Å². The maximum atomic E-state index is 13.2. The Bertz CT molecular complexity index is 786. The van der Waals surface area contributed by atoms with Crippen molar-refractivity contribution in [2.75, 3.05) is 39.3 Å². The Labute approximate surface area is 185 Å². The van der Waals surface area contributed by atoms with Gasteiger partial charge in [-0.2, -0.15) is 0 Å². The van der Waals surface area contributed by atoms with E-state index in [0.717, 1.165) is 0 Å². The number of nitrogens with zero attached hydrogens (tertiary/aromatic N) is 3. The SMILES string of the molecule is C=CCN(CC)C(=O)c1cc(C(=O)N(CC)CC=C)cc(C(=O)N(CC=C)CC=C)c1. The van der Waals surface area contributed by atoms with E-state index in [1.54, 1.807) is 45.1 Å². The Morgan fingerprint density at radius 2 is 0.871 bits per heavy atom. The fourth-order valence-electron chi connectivity index (χ4n) is 3.12. The van der Waals surface area contributed by atoms with E-state index in [-0.39, 0.29) is 34.4 Å². The number of hydrogen-bond acceptors (Lipinski definition) is 3. The Kier molecular flexibility index (Phi) is 10.8. The van der Waals surface area contributed by atoms with Crippen LogP contribution >= 0.6 is 0 Å². The van der Waals surface area contributed by atoms with Crippen molar-refractivity contribution in [3.05, 3.63) is 85.5 Å². The highest BCUT2D eigenvalue weighted by Crippen LogP contribution is 2.17. The van der Waals surface area contributed by atoms with E-state index in [0.29, 0.717) is 39.3 Å². The molecule has 0 aliphatic heterocycles. The third-order valence-electron chi connectivity index (χ3n) is 4.70. The quantitative estimate of drug-likeness (QED) is 0.454. The highest BCUT2D eigenvalue weighted by molar-refractivity contribution is 6.04. The number of hydrogen-bond donors (Lipinski definition) is 0. The summed E-state index contributed by atoms with van der Waals surface area (Å²) in [6.07, 6.45) is 6.52. The van der Waals surface area contributed by atoms with Gasteiger partial charge in [-0.1, -0.05) is 24.3 Å². The number of amides is 3. The van der Waals surface area contributed by atoms with Gasteiger partial charge in [-0.25, -0.2) is 0 Å². The van der Waals surface area contributed by atoms with Crippen LogP contribution in [0.1, 0.15) is 44.9 Å². The molecule has 0 spiro atoms. The van der Waals surface area contributed by atoms with Crippen LogP contribution in [0.25, 0.3) is 0 Å². The third-order valence-corrected chi connectivity index (χ3v) is 4.70. The number of carbonyl (C=O) groups is 3. The Morgan fingerprint density at radius 1 is 0.613 bits per heavy atom. The molecule has 0 N–H and O–H groups in total. The minimum atomic E-state index is -0.304. The van der Waals surface area contributed by atoms with Gasteiger partial charge in [-0.15, -0.1) is 26.3 Å². The second-order valence-electron chi connectivity index (χ2n) is 6.85. The first-order chi connectivity index (χ1) is 14.9. The molecule has 166 valence electrons. The van der Waals surface area contributed by atoms with Crippen molar-refractivity contribution < 1.29 is 14.4 Å². The summed E-state index contributed by atoms with van der Waals surface area (Å²) in [6, 6.07) is 4.62. The fraction of sp³-hybridized carbons (Fsp3) is 0.320. The standard InChI is InChI=1S/C25H33N3O3/c1-7-13-26(11-5)23(29)20-17-21(24(30)27(12-6)14-8-2)19-22(18-20)25(31)28(15-9-3)16-10-4/h7-10,17-19H,1-4,11-16H2,5-6H3. The summed E-state index contributed by atoms with van der Waals surface area (Å²) in [5.41, 5.74) is 0.830.